The first-order valence-corrected chi connectivity index (χ1v) is 10.4. The fraction of sp³-hybridized carbons (Fsp3) is 0.333. The number of carbonyl (C=O) groups excluding carboxylic acids is 1. The van der Waals surface area contributed by atoms with E-state index in [4.69, 9.17) is 0 Å². The van der Waals surface area contributed by atoms with E-state index >= 15 is 0 Å². The van der Waals surface area contributed by atoms with Crippen molar-refractivity contribution in [2.75, 3.05) is 12.0 Å². The van der Waals surface area contributed by atoms with E-state index in [-0.39, 0.29) is 11.9 Å². The zero-order valence-corrected chi connectivity index (χ0v) is 15.9. The van der Waals surface area contributed by atoms with Gasteiger partial charge in [-0.1, -0.05) is 42.5 Å². The lowest BCUT2D eigenvalue weighted by molar-refractivity contribution is -0.122. The molecule has 1 heterocycles. The number of amides is 1. The van der Waals surface area contributed by atoms with Gasteiger partial charge in [-0.3, -0.25) is 4.79 Å². The number of imidazole rings is 1. The van der Waals surface area contributed by atoms with E-state index in [9.17, 15) is 4.79 Å². The number of hydrogen-bond acceptors (Lipinski definition) is 3. The number of fused-ring (bicyclic) bond motifs is 1. The minimum Gasteiger partial charge on any atom is -0.346 e. The average molecular weight is 368 g/mol. The number of aryl methyl sites for hydroxylation is 1. The van der Waals surface area contributed by atoms with Gasteiger partial charge in [0, 0.05) is 6.42 Å². The van der Waals surface area contributed by atoms with E-state index < -0.39 is 0 Å². The molecule has 0 aliphatic heterocycles. The van der Waals surface area contributed by atoms with E-state index in [2.05, 4.69) is 33.7 Å². The molecule has 26 heavy (non-hydrogen) atoms. The molecule has 1 atom stereocenters. The third-order valence-corrected chi connectivity index (χ3v) is 5.04. The first-order valence-electron chi connectivity index (χ1n) is 9.03. The van der Waals surface area contributed by atoms with Crippen molar-refractivity contribution >= 4 is 28.7 Å². The summed E-state index contributed by atoms with van der Waals surface area (Å²) in [7, 11) is 0. The Morgan fingerprint density at radius 1 is 1.15 bits per heavy atom. The van der Waals surface area contributed by atoms with Crippen molar-refractivity contribution < 1.29 is 4.79 Å². The highest BCUT2D eigenvalue weighted by molar-refractivity contribution is 7.98. The number of nitrogens with zero attached hydrogens (tertiary/aromatic N) is 1. The third kappa shape index (κ3) is 5.11. The molecule has 0 saturated heterocycles. The Hall–Kier alpha value is -2.27. The minimum atomic E-state index is -0.0703. The van der Waals surface area contributed by atoms with Crippen LogP contribution in [0.1, 0.15) is 36.7 Å². The van der Waals surface area contributed by atoms with Gasteiger partial charge in [-0.25, -0.2) is 4.98 Å². The highest BCUT2D eigenvalue weighted by atomic mass is 32.2. The first-order chi connectivity index (χ1) is 12.8. The normalized spacial score (nSPS) is 12.2. The van der Waals surface area contributed by atoms with E-state index in [1.807, 2.05) is 42.5 Å². The van der Waals surface area contributed by atoms with Gasteiger partial charge in [0.15, 0.2) is 0 Å². The molecule has 1 amide bonds. The van der Waals surface area contributed by atoms with Crippen molar-refractivity contribution in [1.82, 2.24) is 15.3 Å². The average Bonchev–Trinajstić information content (AvgIpc) is 3.10. The number of hydrogen-bond donors (Lipinski definition) is 2. The molecule has 0 aliphatic rings. The van der Waals surface area contributed by atoms with Crippen LogP contribution in [0.15, 0.2) is 54.6 Å². The molecule has 3 rings (SSSR count). The van der Waals surface area contributed by atoms with E-state index in [1.165, 1.54) is 5.56 Å². The predicted octanol–water partition coefficient (Wildman–Crippen LogP) is 4.50. The second-order valence-corrected chi connectivity index (χ2v) is 7.37. The minimum absolute atomic E-state index is 0.0703. The molecule has 4 nitrogen and oxygen atoms in total. The molecule has 3 aromatic rings. The summed E-state index contributed by atoms with van der Waals surface area (Å²) in [5.41, 5.74) is 3.22. The topological polar surface area (TPSA) is 57.8 Å². The molecule has 2 aromatic carbocycles. The summed E-state index contributed by atoms with van der Waals surface area (Å²) >= 11 is 1.78. The molecule has 0 bridgehead atoms. The second-order valence-electron chi connectivity index (χ2n) is 6.38. The number of rotatable bonds is 9. The molecule has 0 radical (unpaired) electrons. The van der Waals surface area contributed by atoms with Crippen molar-refractivity contribution in [1.29, 1.82) is 0 Å². The van der Waals surface area contributed by atoms with Crippen LogP contribution in [0.4, 0.5) is 0 Å². The predicted molar refractivity (Wildman–Crippen MR) is 109 cm³/mol. The lowest BCUT2D eigenvalue weighted by Gasteiger charge is -2.16. The molecule has 0 saturated carbocycles. The van der Waals surface area contributed by atoms with Crippen molar-refractivity contribution in [2.45, 2.75) is 31.7 Å². The van der Waals surface area contributed by atoms with Crippen LogP contribution in [0.25, 0.3) is 11.0 Å². The van der Waals surface area contributed by atoms with Gasteiger partial charge in [0.05, 0.1) is 17.1 Å². The van der Waals surface area contributed by atoms with Crippen molar-refractivity contribution in [2.24, 2.45) is 0 Å². The Kier molecular flexibility index (Phi) is 6.72. The summed E-state index contributed by atoms with van der Waals surface area (Å²) in [6.45, 7) is 0. The Morgan fingerprint density at radius 3 is 2.69 bits per heavy atom. The zero-order valence-electron chi connectivity index (χ0n) is 15.1. The van der Waals surface area contributed by atoms with Crippen molar-refractivity contribution in [3.05, 3.63) is 66.0 Å². The highest BCUT2D eigenvalue weighted by Crippen LogP contribution is 2.20. The van der Waals surface area contributed by atoms with Gasteiger partial charge in [0.2, 0.25) is 5.91 Å². The summed E-state index contributed by atoms with van der Waals surface area (Å²) in [5, 5.41) is 3.17. The SMILES string of the molecule is CSCC[C@@H](NC(=O)CCCc1ccccc1)c1nc2ccccc2[nH]1. The van der Waals surface area contributed by atoms with Crippen LogP contribution >= 0.6 is 11.8 Å². The Labute approximate surface area is 158 Å². The molecule has 136 valence electrons. The van der Waals surface area contributed by atoms with Gasteiger partial charge in [-0.05, 0) is 49.0 Å². The van der Waals surface area contributed by atoms with Crippen molar-refractivity contribution in [3.63, 3.8) is 0 Å². The Balaban J connectivity index is 1.59. The summed E-state index contributed by atoms with van der Waals surface area (Å²) in [6, 6.07) is 18.2. The van der Waals surface area contributed by atoms with Gasteiger partial charge in [-0.2, -0.15) is 11.8 Å². The van der Waals surface area contributed by atoms with Crippen LogP contribution in [0.3, 0.4) is 0 Å². The molecule has 0 aliphatic carbocycles. The lowest BCUT2D eigenvalue weighted by atomic mass is 10.1. The molecule has 2 N–H and O–H groups in total. The summed E-state index contributed by atoms with van der Waals surface area (Å²) in [4.78, 5) is 20.5. The lowest BCUT2D eigenvalue weighted by Crippen LogP contribution is -2.29. The number of aromatic amines is 1. The van der Waals surface area contributed by atoms with Crippen LogP contribution in [-0.2, 0) is 11.2 Å². The van der Waals surface area contributed by atoms with Crippen LogP contribution < -0.4 is 5.32 Å². The number of aromatic nitrogens is 2. The van der Waals surface area contributed by atoms with Gasteiger partial charge >= 0.3 is 0 Å². The number of carbonyl (C=O) groups is 1. The van der Waals surface area contributed by atoms with Gasteiger partial charge < -0.3 is 10.3 Å². The monoisotopic (exact) mass is 367 g/mol. The Morgan fingerprint density at radius 2 is 1.92 bits per heavy atom. The van der Waals surface area contributed by atoms with Crippen LogP contribution in [0, 0.1) is 0 Å². The molecule has 5 heteroatoms. The zero-order chi connectivity index (χ0) is 18.2. The van der Waals surface area contributed by atoms with Crippen molar-refractivity contribution in [3.8, 4) is 0 Å². The van der Waals surface area contributed by atoms with E-state index in [0.717, 1.165) is 41.9 Å². The van der Waals surface area contributed by atoms with Gasteiger partial charge in [0.25, 0.3) is 0 Å². The third-order valence-electron chi connectivity index (χ3n) is 4.40. The van der Waals surface area contributed by atoms with E-state index in [1.54, 1.807) is 11.8 Å². The molecular weight excluding hydrogens is 342 g/mol. The van der Waals surface area contributed by atoms with Gasteiger partial charge in [0.1, 0.15) is 5.82 Å². The fourth-order valence-corrected chi connectivity index (χ4v) is 3.49. The maximum absolute atomic E-state index is 12.4. The maximum Gasteiger partial charge on any atom is 0.220 e. The number of nitrogens with one attached hydrogen (secondary N) is 2. The van der Waals surface area contributed by atoms with Crippen LogP contribution in [0.5, 0.6) is 0 Å². The van der Waals surface area contributed by atoms with E-state index in [0.29, 0.717) is 6.42 Å². The number of H-pyrrole nitrogens is 1. The first kappa shape index (κ1) is 18.5. The molecule has 0 unspecified atom stereocenters. The summed E-state index contributed by atoms with van der Waals surface area (Å²) in [6.07, 6.45) is 5.26. The van der Waals surface area contributed by atoms with Crippen LogP contribution in [-0.4, -0.2) is 27.9 Å². The number of thioether (sulfide) groups is 1. The Bertz CT molecular complexity index is 798. The highest BCUT2D eigenvalue weighted by Gasteiger charge is 2.18. The maximum atomic E-state index is 12.4. The molecular formula is C21H25N3OS. The quantitative estimate of drug-likeness (QED) is 0.585. The smallest absolute Gasteiger partial charge is 0.220 e. The second kappa shape index (κ2) is 9.43. The standard InChI is InChI=1S/C21H25N3OS/c1-26-15-14-19(21-23-17-11-5-6-12-18(17)24-21)22-20(25)13-7-10-16-8-3-2-4-9-16/h2-6,8-9,11-12,19H,7,10,13-15H2,1H3,(H,22,25)(H,23,24)/t19-/m1/s1. The molecule has 0 spiro atoms. The number of benzene rings is 2. The van der Waals surface area contributed by atoms with Gasteiger partial charge in [-0.15, -0.1) is 0 Å². The number of para-hydroxylation sites is 2. The fourth-order valence-electron chi connectivity index (χ4n) is 3.01. The molecule has 1 aromatic heterocycles. The van der Waals surface area contributed by atoms with Crippen LogP contribution in [0.2, 0.25) is 0 Å². The largest absolute Gasteiger partial charge is 0.346 e. The summed E-state index contributed by atoms with van der Waals surface area (Å²) < 4.78 is 0. The molecule has 0 fully saturated rings. The summed E-state index contributed by atoms with van der Waals surface area (Å²) in [5.74, 6) is 1.91.